The van der Waals surface area contributed by atoms with Crippen LogP contribution in [0.5, 0.6) is 0 Å². The summed E-state index contributed by atoms with van der Waals surface area (Å²) in [7, 11) is 1.99. The smallest absolute Gasteiger partial charge is 0.168 e. The molecule has 0 spiro atoms. The lowest BCUT2D eigenvalue weighted by molar-refractivity contribution is 0.480. The van der Waals surface area contributed by atoms with Gasteiger partial charge in [-0.3, -0.25) is 0 Å². The summed E-state index contributed by atoms with van der Waals surface area (Å²) >= 11 is 11.2. The van der Waals surface area contributed by atoms with Crippen LogP contribution in [0.15, 0.2) is 24.3 Å². The largest absolute Gasteiger partial charge is 0.362 e. The Morgan fingerprint density at radius 1 is 1.35 bits per heavy atom. The summed E-state index contributed by atoms with van der Waals surface area (Å²) in [6, 6.07) is 7.83. The lowest BCUT2D eigenvalue weighted by Gasteiger charge is -2.22. The van der Waals surface area contributed by atoms with E-state index in [-0.39, 0.29) is 0 Å². The average Bonchev–Trinajstić information content (AvgIpc) is 2.28. The van der Waals surface area contributed by atoms with Gasteiger partial charge in [-0.05, 0) is 35.8 Å². The third kappa shape index (κ3) is 5.37. The average molecular weight is 271 g/mol. The molecule has 0 heterocycles. The molecule has 0 saturated carbocycles. The molecule has 0 amide bonds. The van der Waals surface area contributed by atoms with E-state index >= 15 is 0 Å². The minimum atomic E-state index is 0.594. The van der Waals surface area contributed by atoms with Gasteiger partial charge in [0.1, 0.15) is 0 Å². The number of halogens is 1. The van der Waals surface area contributed by atoms with Crippen LogP contribution in [-0.4, -0.2) is 23.6 Å². The molecule has 0 saturated heterocycles. The van der Waals surface area contributed by atoms with Crippen molar-refractivity contribution < 1.29 is 0 Å². The summed E-state index contributed by atoms with van der Waals surface area (Å²) in [5.74, 6) is 0.594. The Morgan fingerprint density at radius 3 is 2.47 bits per heavy atom. The van der Waals surface area contributed by atoms with Crippen LogP contribution in [-0.2, 0) is 6.54 Å². The zero-order chi connectivity index (χ0) is 12.8. The highest BCUT2D eigenvalue weighted by Gasteiger charge is 2.05. The minimum absolute atomic E-state index is 0.594. The molecule has 17 heavy (non-hydrogen) atoms. The van der Waals surface area contributed by atoms with Gasteiger partial charge in [0.25, 0.3) is 0 Å². The van der Waals surface area contributed by atoms with E-state index in [1.807, 2.05) is 36.2 Å². The molecule has 0 aliphatic rings. The monoisotopic (exact) mass is 270 g/mol. The van der Waals surface area contributed by atoms with Crippen LogP contribution in [0, 0.1) is 5.92 Å². The fraction of sp³-hybridized carbons (Fsp3) is 0.462. The number of rotatable bonds is 4. The highest BCUT2D eigenvalue weighted by molar-refractivity contribution is 7.80. The van der Waals surface area contributed by atoms with E-state index in [0.29, 0.717) is 5.92 Å². The maximum Gasteiger partial charge on any atom is 0.168 e. The number of hydrogen-bond donors (Lipinski definition) is 1. The quantitative estimate of drug-likeness (QED) is 0.845. The second-order valence-electron chi connectivity index (χ2n) is 4.56. The highest BCUT2D eigenvalue weighted by Crippen LogP contribution is 2.10. The Bertz CT molecular complexity index is 362. The Balaban J connectivity index is 2.45. The van der Waals surface area contributed by atoms with Crippen molar-refractivity contribution in [2.75, 3.05) is 13.6 Å². The SMILES string of the molecule is CC(C)CNC(=S)N(C)Cc1ccc(Cl)cc1. The topological polar surface area (TPSA) is 15.3 Å². The van der Waals surface area contributed by atoms with E-state index in [1.165, 1.54) is 5.56 Å². The summed E-state index contributed by atoms with van der Waals surface area (Å²) < 4.78 is 0. The fourth-order valence-electron chi connectivity index (χ4n) is 1.36. The first-order chi connectivity index (χ1) is 7.99. The Kier molecular flexibility index (Phi) is 5.72. The molecule has 0 aliphatic heterocycles. The first-order valence-electron chi connectivity index (χ1n) is 5.72. The molecule has 0 fully saturated rings. The van der Waals surface area contributed by atoms with Crippen LogP contribution in [0.2, 0.25) is 5.02 Å². The van der Waals surface area contributed by atoms with E-state index in [2.05, 4.69) is 19.2 Å². The lowest BCUT2D eigenvalue weighted by Crippen LogP contribution is -2.38. The molecule has 1 aromatic carbocycles. The molecular formula is C13H19ClN2S. The third-order valence-corrected chi connectivity index (χ3v) is 3.05. The number of hydrogen-bond acceptors (Lipinski definition) is 1. The Labute approximate surface area is 114 Å². The summed E-state index contributed by atoms with van der Waals surface area (Å²) in [6.07, 6.45) is 0. The standard InChI is InChI=1S/C13H19ClN2S/c1-10(2)8-15-13(17)16(3)9-11-4-6-12(14)7-5-11/h4-7,10H,8-9H2,1-3H3,(H,15,17). The molecule has 0 bridgehead atoms. The maximum absolute atomic E-state index is 5.84. The molecule has 1 aromatic rings. The van der Waals surface area contributed by atoms with E-state index in [4.69, 9.17) is 23.8 Å². The van der Waals surface area contributed by atoms with Gasteiger partial charge in [0, 0.05) is 25.2 Å². The zero-order valence-electron chi connectivity index (χ0n) is 10.5. The van der Waals surface area contributed by atoms with Gasteiger partial charge in [0.15, 0.2) is 5.11 Å². The van der Waals surface area contributed by atoms with Crippen molar-refractivity contribution in [2.45, 2.75) is 20.4 Å². The highest BCUT2D eigenvalue weighted by atomic mass is 35.5. The molecular weight excluding hydrogens is 252 g/mol. The van der Waals surface area contributed by atoms with E-state index in [0.717, 1.165) is 23.2 Å². The molecule has 0 aliphatic carbocycles. The van der Waals surface area contributed by atoms with Crippen LogP contribution >= 0.6 is 23.8 Å². The van der Waals surface area contributed by atoms with Gasteiger partial charge in [-0.15, -0.1) is 0 Å². The third-order valence-electron chi connectivity index (χ3n) is 2.34. The van der Waals surface area contributed by atoms with Crippen molar-refractivity contribution in [3.05, 3.63) is 34.9 Å². The van der Waals surface area contributed by atoms with Crippen LogP contribution < -0.4 is 5.32 Å². The molecule has 0 atom stereocenters. The molecule has 2 nitrogen and oxygen atoms in total. The van der Waals surface area contributed by atoms with Crippen LogP contribution in [0.1, 0.15) is 19.4 Å². The second-order valence-corrected chi connectivity index (χ2v) is 5.39. The van der Waals surface area contributed by atoms with Gasteiger partial charge in [-0.2, -0.15) is 0 Å². The maximum atomic E-state index is 5.84. The number of nitrogens with one attached hydrogen (secondary N) is 1. The minimum Gasteiger partial charge on any atom is -0.362 e. The summed E-state index contributed by atoms with van der Waals surface area (Å²) in [5, 5.41) is 4.79. The Morgan fingerprint density at radius 2 is 1.94 bits per heavy atom. The molecule has 94 valence electrons. The van der Waals surface area contributed by atoms with Gasteiger partial charge in [0.2, 0.25) is 0 Å². The van der Waals surface area contributed by atoms with Gasteiger partial charge in [-0.25, -0.2) is 0 Å². The van der Waals surface area contributed by atoms with Crippen molar-refractivity contribution >= 4 is 28.9 Å². The summed E-state index contributed by atoms with van der Waals surface area (Å²) in [6.45, 7) is 6.02. The van der Waals surface area contributed by atoms with Gasteiger partial charge in [0.05, 0.1) is 0 Å². The van der Waals surface area contributed by atoms with Crippen molar-refractivity contribution in [1.29, 1.82) is 0 Å². The van der Waals surface area contributed by atoms with Crippen molar-refractivity contribution in [3.63, 3.8) is 0 Å². The van der Waals surface area contributed by atoms with E-state index < -0.39 is 0 Å². The number of benzene rings is 1. The predicted octanol–water partition coefficient (Wildman–Crippen LogP) is 3.30. The lowest BCUT2D eigenvalue weighted by atomic mass is 10.2. The molecule has 0 aromatic heterocycles. The van der Waals surface area contributed by atoms with Gasteiger partial charge < -0.3 is 10.2 Å². The molecule has 4 heteroatoms. The van der Waals surface area contributed by atoms with Gasteiger partial charge in [-0.1, -0.05) is 37.6 Å². The van der Waals surface area contributed by atoms with Gasteiger partial charge >= 0.3 is 0 Å². The zero-order valence-corrected chi connectivity index (χ0v) is 12.1. The van der Waals surface area contributed by atoms with Crippen LogP contribution in [0.4, 0.5) is 0 Å². The Hall–Kier alpha value is -0.800. The van der Waals surface area contributed by atoms with E-state index in [1.54, 1.807) is 0 Å². The summed E-state index contributed by atoms with van der Waals surface area (Å²) in [4.78, 5) is 2.03. The van der Waals surface area contributed by atoms with E-state index in [9.17, 15) is 0 Å². The molecule has 1 N–H and O–H groups in total. The van der Waals surface area contributed by atoms with Crippen LogP contribution in [0.25, 0.3) is 0 Å². The first kappa shape index (κ1) is 14.3. The normalized spacial score (nSPS) is 10.4. The second kappa shape index (κ2) is 6.82. The predicted molar refractivity (Wildman–Crippen MR) is 78.4 cm³/mol. The summed E-state index contributed by atoms with van der Waals surface area (Å²) in [5.41, 5.74) is 1.20. The first-order valence-corrected chi connectivity index (χ1v) is 6.51. The molecule has 1 rings (SSSR count). The molecule has 0 radical (unpaired) electrons. The van der Waals surface area contributed by atoms with Crippen LogP contribution in [0.3, 0.4) is 0 Å². The van der Waals surface area contributed by atoms with Crippen molar-refractivity contribution in [1.82, 2.24) is 10.2 Å². The number of thiocarbonyl (C=S) groups is 1. The van der Waals surface area contributed by atoms with Crippen molar-refractivity contribution in [2.24, 2.45) is 5.92 Å². The number of nitrogens with zero attached hydrogens (tertiary/aromatic N) is 1. The van der Waals surface area contributed by atoms with Crippen molar-refractivity contribution in [3.8, 4) is 0 Å². The fourth-order valence-corrected chi connectivity index (χ4v) is 1.64. The molecule has 0 unspecified atom stereocenters.